The fraction of sp³-hybridized carbons (Fsp3) is 0.550. The van der Waals surface area contributed by atoms with E-state index in [9.17, 15) is 14.4 Å². The number of hydrogen-bond donors (Lipinski definition) is 4. The fourth-order valence-electron chi connectivity index (χ4n) is 3.37. The van der Waals surface area contributed by atoms with Crippen molar-refractivity contribution < 1.29 is 29.7 Å². The number of rotatable bonds is 7. The molecule has 2 rings (SSSR count). The van der Waals surface area contributed by atoms with Crippen molar-refractivity contribution in [2.24, 2.45) is 0 Å². The van der Waals surface area contributed by atoms with Crippen molar-refractivity contribution >= 4 is 17.9 Å². The van der Waals surface area contributed by atoms with Crippen LogP contribution in [0.3, 0.4) is 0 Å². The number of carbonyl (C=O) groups is 3. The van der Waals surface area contributed by atoms with E-state index in [1.165, 1.54) is 0 Å². The molecule has 0 aromatic heterocycles. The molecule has 0 saturated carbocycles. The second-order valence-electron chi connectivity index (χ2n) is 7.37. The molecule has 0 aliphatic carbocycles. The van der Waals surface area contributed by atoms with Crippen molar-refractivity contribution in [3.63, 3.8) is 0 Å². The Bertz CT molecular complexity index is 682. The maximum Gasteiger partial charge on any atom is 0.335 e. The van der Waals surface area contributed by atoms with E-state index in [0.717, 1.165) is 5.56 Å². The van der Waals surface area contributed by atoms with Crippen LogP contribution in [-0.4, -0.2) is 113 Å². The quantitative estimate of drug-likeness (QED) is 0.458. The van der Waals surface area contributed by atoms with Crippen molar-refractivity contribution in [3.05, 3.63) is 35.4 Å². The minimum absolute atomic E-state index is 0.0338. The van der Waals surface area contributed by atoms with Crippen LogP contribution in [0.15, 0.2) is 24.3 Å². The van der Waals surface area contributed by atoms with Crippen molar-refractivity contribution in [1.82, 2.24) is 20.0 Å². The van der Waals surface area contributed by atoms with Gasteiger partial charge in [0.15, 0.2) is 0 Å². The SMILES string of the molecule is O=C(O)CN1CCNCCN(CC(=O)O)CCN(Cc2ccc(C(=O)O)cc2)CC1. The number of carboxylic acids is 3. The number of nitrogens with zero attached hydrogens (tertiary/aromatic N) is 3. The van der Waals surface area contributed by atoms with Crippen LogP contribution in [0.1, 0.15) is 15.9 Å². The maximum absolute atomic E-state index is 11.2. The van der Waals surface area contributed by atoms with Crippen molar-refractivity contribution in [1.29, 1.82) is 0 Å². The molecule has 30 heavy (non-hydrogen) atoms. The lowest BCUT2D eigenvalue weighted by atomic mass is 10.1. The van der Waals surface area contributed by atoms with Crippen LogP contribution in [0.5, 0.6) is 0 Å². The molecule has 0 unspecified atom stereocenters. The first-order valence-electron chi connectivity index (χ1n) is 9.97. The normalized spacial score (nSPS) is 18.3. The Balaban J connectivity index is 2.08. The average molecular weight is 422 g/mol. The Morgan fingerprint density at radius 1 is 0.733 bits per heavy atom. The van der Waals surface area contributed by atoms with E-state index in [0.29, 0.717) is 58.9 Å². The molecule has 0 atom stereocenters. The van der Waals surface area contributed by atoms with E-state index in [1.807, 2.05) is 9.80 Å². The van der Waals surface area contributed by atoms with Crippen molar-refractivity contribution in [3.8, 4) is 0 Å². The standard InChI is InChI=1S/C20H30N4O6/c25-18(26)14-22-7-5-21-6-8-23(15-19(27)28)10-12-24(11-9-22)13-16-1-3-17(4-2-16)20(29)30/h1-4,21H,5-15H2,(H,25,26)(H,27,28)(H,29,30). The highest BCUT2D eigenvalue weighted by Crippen LogP contribution is 2.09. The predicted octanol–water partition coefficient (Wildman–Crippen LogP) is -0.437. The van der Waals surface area contributed by atoms with Gasteiger partial charge in [0.05, 0.1) is 18.7 Å². The summed E-state index contributed by atoms with van der Waals surface area (Å²) in [6, 6.07) is 6.67. The van der Waals surface area contributed by atoms with Gasteiger partial charge >= 0.3 is 17.9 Å². The van der Waals surface area contributed by atoms with Gasteiger partial charge in [0.1, 0.15) is 0 Å². The zero-order valence-electron chi connectivity index (χ0n) is 17.0. The third-order valence-electron chi connectivity index (χ3n) is 5.00. The molecule has 10 heteroatoms. The third kappa shape index (κ3) is 8.87. The van der Waals surface area contributed by atoms with Gasteiger partial charge in [-0.3, -0.25) is 24.3 Å². The molecule has 4 N–H and O–H groups in total. The zero-order valence-corrected chi connectivity index (χ0v) is 17.0. The summed E-state index contributed by atoms with van der Waals surface area (Å²) in [5.41, 5.74) is 1.17. The summed E-state index contributed by atoms with van der Waals surface area (Å²) < 4.78 is 0. The Hall–Kier alpha value is -2.53. The minimum Gasteiger partial charge on any atom is -0.480 e. The summed E-state index contributed by atoms with van der Waals surface area (Å²) in [7, 11) is 0. The second-order valence-corrected chi connectivity index (χ2v) is 7.37. The summed E-state index contributed by atoms with van der Waals surface area (Å²) >= 11 is 0. The monoisotopic (exact) mass is 422 g/mol. The number of aromatic carboxylic acids is 1. The third-order valence-corrected chi connectivity index (χ3v) is 5.00. The molecule has 1 heterocycles. The molecule has 0 amide bonds. The van der Waals surface area contributed by atoms with Crippen LogP contribution in [0, 0.1) is 0 Å². The Morgan fingerprint density at radius 2 is 1.20 bits per heavy atom. The molecular weight excluding hydrogens is 392 g/mol. The van der Waals surface area contributed by atoms with Gasteiger partial charge in [0.25, 0.3) is 0 Å². The Labute approximate surface area is 175 Å². The van der Waals surface area contributed by atoms with E-state index in [4.69, 9.17) is 15.3 Å². The smallest absolute Gasteiger partial charge is 0.335 e. The number of hydrogen-bond acceptors (Lipinski definition) is 7. The molecule has 0 bridgehead atoms. The number of aliphatic carboxylic acids is 2. The molecule has 1 saturated heterocycles. The predicted molar refractivity (Wildman–Crippen MR) is 110 cm³/mol. The fourth-order valence-corrected chi connectivity index (χ4v) is 3.37. The summed E-state index contributed by atoms with van der Waals surface area (Å²) in [4.78, 5) is 39.3. The van der Waals surface area contributed by atoms with E-state index in [1.54, 1.807) is 24.3 Å². The van der Waals surface area contributed by atoms with Gasteiger partial charge < -0.3 is 20.6 Å². The lowest BCUT2D eigenvalue weighted by Gasteiger charge is -2.30. The summed E-state index contributed by atoms with van der Waals surface area (Å²) in [5, 5.41) is 30.6. The van der Waals surface area contributed by atoms with Crippen molar-refractivity contribution in [2.75, 3.05) is 65.4 Å². The molecule has 1 aliphatic heterocycles. The van der Waals surface area contributed by atoms with Crippen LogP contribution >= 0.6 is 0 Å². The molecule has 1 fully saturated rings. The molecule has 0 radical (unpaired) electrons. The highest BCUT2D eigenvalue weighted by molar-refractivity contribution is 5.87. The second kappa shape index (κ2) is 12.2. The topological polar surface area (TPSA) is 134 Å². The molecule has 1 aliphatic rings. The van der Waals surface area contributed by atoms with E-state index < -0.39 is 17.9 Å². The molecule has 1 aromatic carbocycles. The van der Waals surface area contributed by atoms with E-state index >= 15 is 0 Å². The molecule has 10 nitrogen and oxygen atoms in total. The van der Waals surface area contributed by atoms with Gasteiger partial charge in [0.2, 0.25) is 0 Å². The average Bonchev–Trinajstić information content (AvgIpc) is 2.67. The van der Waals surface area contributed by atoms with E-state index in [-0.39, 0.29) is 18.7 Å². The maximum atomic E-state index is 11.2. The highest BCUT2D eigenvalue weighted by atomic mass is 16.4. The van der Waals surface area contributed by atoms with Crippen LogP contribution in [-0.2, 0) is 16.1 Å². The van der Waals surface area contributed by atoms with Gasteiger partial charge in [0, 0.05) is 58.9 Å². The van der Waals surface area contributed by atoms with Crippen molar-refractivity contribution in [2.45, 2.75) is 6.54 Å². The van der Waals surface area contributed by atoms with Crippen LogP contribution < -0.4 is 5.32 Å². The van der Waals surface area contributed by atoms with Gasteiger partial charge in [-0.25, -0.2) is 4.79 Å². The Kier molecular flexibility index (Phi) is 9.68. The van der Waals surface area contributed by atoms with E-state index in [2.05, 4.69) is 10.2 Å². The highest BCUT2D eigenvalue weighted by Gasteiger charge is 2.17. The van der Waals surface area contributed by atoms with Crippen LogP contribution in [0.25, 0.3) is 0 Å². The Morgan fingerprint density at radius 3 is 1.63 bits per heavy atom. The number of nitrogens with one attached hydrogen (secondary N) is 1. The first-order valence-corrected chi connectivity index (χ1v) is 9.97. The largest absolute Gasteiger partial charge is 0.480 e. The van der Waals surface area contributed by atoms with Gasteiger partial charge in [-0.2, -0.15) is 0 Å². The lowest BCUT2D eigenvalue weighted by Crippen LogP contribution is -2.46. The zero-order chi connectivity index (χ0) is 21.9. The molecule has 0 spiro atoms. The minimum atomic E-state index is -0.977. The van der Waals surface area contributed by atoms with Gasteiger partial charge in [-0.15, -0.1) is 0 Å². The first-order chi connectivity index (χ1) is 14.3. The summed E-state index contributed by atoms with van der Waals surface area (Å²) in [5.74, 6) is -2.72. The number of carboxylic acid groups (broad SMARTS) is 3. The molecular formula is C20H30N4O6. The lowest BCUT2D eigenvalue weighted by molar-refractivity contribution is -0.139. The summed E-state index contributed by atoms with van der Waals surface area (Å²) in [6.07, 6.45) is 0. The van der Waals surface area contributed by atoms with Crippen LogP contribution in [0.2, 0.25) is 0 Å². The first kappa shape index (κ1) is 23.7. The molecule has 1 aromatic rings. The number of benzene rings is 1. The van der Waals surface area contributed by atoms with Crippen LogP contribution in [0.4, 0.5) is 0 Å². The van der Waals surface area contributed by atoms with Gasteiger partial charge in [-0.05, 0) is 17.7 Å². The van der Waals surface area contributed by atoms with Gasteiger partial charge in [-0.1, -0.05) is 12.1 Å². The summed E-state index contributed by atoms with van der Waals surface area (Å²) in [6.45, 7) is 5.32. The molecule has 166 valence electrons.